The van der Waals surface area contributed by atoms with Crippen LogP contribution in [0.25, 0.3) is 0 Å². The summed E-state index contributed by atoms with van der Waals surface area (Å²) >= 11 is 0. The molecule has 1 heterocycles. The molecular formula is C14H17N3O. The molecule has 94 valence electrons. The maximum Gasteiger partial charge on any atom is 0.0913 e. The molecule has 0 aliphatic heterocycles. The highest BCUT2D eigenvalue weighted by atomic mass is 16.3. The van der Waals surface area contributed by atoms with Crippen LogP contribution in [0.4, 0.5) is 0 Å². The topological polar surface area (TPSA) is 50.9 Å². The molecule has 0 bridgehead atoms. The molecule has 2 aromatic rings. The SMILES string of the molecule is OCC1CCCc2c1nnn2Cc1ccccc1. The number of fused-ring (bicyclic) bond motifs is 1. The van der Waals surface area contributed by atoms with E-state index in [2.05, 4.69) is 22.4 Å². The molecule has 1 N–H and O–H groups in total. The Morgan fingerprint density at radius 2 is 2.11 bits per heavy atom. The summed E-state index contributed by atoms with van der Waals surface area (Å²) in [6, 6.07) is 10.3. The average Bonchev–Trinajstić information content (AvgIpc) is 2.83. The summed E-state index contributed by atoms with van der Waals surface area (Å²) in [5.41, 5.74) is 3.43. The molecule has 0 spiro atoms. The molecule has 4 heteroatoms. The molecule has 0 radical (unpaired) electrons. The summed E-state index contributed by atoms with van der Waals surface area (Å²) in [7, 11) is 0. The predicted molar refractivity (Wildman–Crippen MR) is 68.3 cm³/mol. The first-order chi connectivity index (χ1) is 8.88. The van der Waals surface area contributed by atoms with E-state index in [1.54, 1.807) is 0 Å². The molecule has 0 saturated carbocycles. The molecule has 0 fully saturated rings. The third-order valence-electron chi connectivity index (χ3n) is 3.62. The normalized spacial score (nSPS) is 18.6. The third-order valence-corrected chi connectivity index (χ3v) is 3.62. The molecule has 0 saturated heterocycles. The number of hydrogen-bond donors (Lipinski definition) is 1. The maximum atomic E-state index is 9.36. The van der Waals surface area contributed by atoms with Crippen LogP contribution >= 0.6 is 0 Å². The van der Waals surface area contributed by atoms with E-state index in [9.17, 15) is 5.11 Å². The zero-order chi connectivity index (χ0) is 12.4. The summed E-state index contributed by atoms with van der Waals surface area (Å²) in [5.74, 6) is 0.179. The summed E-state index contributed by atoms with van der Waals surface area (Å²) in [6.07, 6.45) is 3.15. The Labute approximate surface area is 106 Å². The van der Waals surface area contributed by atoms with Crippen LogP contribution in [0.2, 0.25) is 0 Å². The standard InChI is InChI=1S/C14H17N3O/c18-10-12-7-4-8-13-14(12)15-16-17(13)9-11-5-2-1-3-6-11/h1-3,5-6,12,18H,4,7-10H2. The minimum atomic E-state index is 0.178. The second kappa shape index (κ2) is 4.90. The summed E-state index contributed by atoms with van der Waals surface area (Å²) in [5, 5.41) is 17.9. The van der Waals surface area contributed by atoms with Gasteiger partial charge in [-0.05, 0) is 24.8 Å². The molecule has 1 aromatic carbocycles. The summed E-state index contributed by atoms with van der Waals surface area (Å²) < 4.78 is 1.98. The fraction of sp³-hybridized carbons (Fsp3) is 0.429. The summed E-state index contributed by atoms with van der Waals surface area (Å²) in [6.45, 7) is 0.943. The highest BCUT2D eigenvalue weighted by molar-refractivity contribution is 5.21. The van der Waals surface area contributed by atoms with Crippen LogP contribution in [0.5, 0.6) is 0 Å². The highest BCUT2D eigenvalue weighted by Gasteiger charge is 2.25. The van der Waals surface area contributed by atoms with Gasteiger partial charge < -0.3 is 5.11 Å². The lowest BCUT2D eigenvalue weighted by Gasteiger charge is -2.19. The van der Waals surface area contributed by atoms with E-state index in [0.717, 1.165) is 31.5 Å². The van der Waals surface area contributed by atoms with Gasteiger partial charge in [0.25, 0.3) is 0 Å². The fourth-order valence-corrected chi connectivity index (χ4v) is 2.63. The molecule has 1 atom stereocenters. The number of aliphatic hydroxyl groups excluding tert-OH is 1. The first kappa shape index (κ1) is 11.4. The van der Waals surface area contributed by atoms with Gasteiger partial charge in [0.05, 0.1) is 24.5 Å². The van der Waals surface area contributed by atoms with E-state index in [4.69, 9.17) is 0 Å². The largest absolute Gasteiger partial charge is 0.396 e. The van der Waals surface area contributed by atoms with Crippen molar-refractivity contribution < 1.29 is 5.11 Å². The van der Waals surface area contributed by atoms with E-state index in [0.29, 0.717) is 0 Å². The minimum Gasteiger partial charge on any atom is -0.396 e. The maximum absolute atomic E-state index is 9.36. The van der Waals surface area contributed by atoms with E-state index in [-0.39, 0.29) is 12.5 Å². The van der Waals surface area contributed by atoms with Crippen molar-refractivity contribution >= 4 is 0 Å². The number of hydrogen-bond acceptors (Lipinski definition) is 3. The smallest absolute Gasteiger partial charge is 0.0913 e. The van der Waals surface area contributed by atoms with Crippen molar-refractivity contribution in [3.63, 3.8) is 0 Å². The number of nitrogens with zero attached hydrogens (tertiary/aromatic N) is 3. The monoisotopic (exact) mass is 243 g/mol. The van der Waals surface area contributed by atoms with Crippen molar-refractivity contribution in [3.05, 3.63) is 47.3 Å². The van der Waals surface area contributed by atoms with Crippen LogP contribution in [0.3, 0.4) is 0 Å². The molecule has 1 aliphatic carbocycles. The Hall–Kier alpha value is -1.68. The molecule has 0 amide bonds. The second-order valence-corrected chi connectivity index (χ2v) is 4.84. The Balaban J connectivity index is 1.88. The van der Waals surface area contributed by atoms with Gasteiger partial charge in [-0.15, -0.1) is 5.10 Å². The minimum absolute atomic E-state index is 0.178. The van der Waals surface area contributed by atoms with Crippen molar-refractivity contribution in [2.75, 3.05) is 6.61 Å². The van der Waals surface area contributed by atoms with Gasteiger partial charge in [0.2, 0.25) is 0 Å². The summed E-state index contributed by atoms with van der Waals surface area (Å²) in [4.78, 5) is 0. The first-order valence-corrected chi connectivity index (χ1v) is 6.45. The van der Waals surface area contributed by atoms with Crippen molar-refractivity contribution in [1.29, 1.82) is 0 Å². The van der Waals surface area contributed by atoms with Gasteiger partial charge in [-0.25, -0.2) is 4.68 Å². The molecule has 18 heavy (non-hydrogen) atoms. The van der Waals surface area contributed by atoms with Gasteiger partial charge in [0.1, 0.15) is 0 Å². The third kappa shape index (κ3) is 2.04. The first-order valence-electron chi connectivity index (χ1n) is 6.45. The number of aliphatic hydroxyl groups is 1. The molecule has 1 unspecified atom stereocenters. The average molecular weight is 243 g/mol. The molecular weight excluding hydrogens is 226 g/mol. The number of aromatic nitrogens is 3. The zero-order valence-corrected chi connectivity index (χ0v) is 10.3. The molecule has 1 aromatic heterocycles. The van der Waals surface area contributed by atoms with Crippen molar-refractivity contribution in [3.8, 4) is 0 Å². The Morgan fingerprint density at radius 1 is 1.28 bits per heavy atom. The lowest BCUT2D eigenvalue weighted by molar-refractivity contribution is 0.250. The van der Waals surface area contributed by atoms with Crippen LogP contribution in [0.15, 0.2) is 30.3 Å². The van der Waals surface area contributed by atoms with E-state index >= 15 is 0 Å². The lowest BCUT2D eigenvalue weighted by atomic mass is 9.90. The van der Waals surface area contributed by atoms with E-state index in [1.165, 1.54) is 11.3 Å². The van der Waals surface area contributed by atoms with Crippen molar-refractivity contribution in [2.45, 2.75) is 31.7 Å². The van der Waals surface area contributed by atoms with Gasteiger partial charge in [0, 0.05) is 5.92 Å². The van der Waals surface area contributed by atoms with Crippen LogP contribution < -0.4 is 0 Å². The Bertz CT molecular complexity index is 521. The van der Waals surface area contributed by atoms with E-state index < -0.39 is 0 Å². The second-order valence-electron chi connectivity index (χ2n) is 4.84. The fourth-order valence-electron chi connectivity index (χ4n) is 2.63. The Morgan fingerprint density at radius 3 is 2.89 bits per heavy atom. The van der Waals surface area contributed by atoms with Crippen LogP contribution in [0.1, 0.15) is 35.7 Å². The molecule has 1 aliphatic rings. The van der Waals surface area contributed by atoms with Crippen molar-refractivity contribution in [1.82, 2.24) is 15.0 Å². The quantitative estimate of drug-likeness (QED) is 0.893. The van der Waals surface area contributed by atoms with Gasteiger partial charge in [0.15, 0.2) is 0 Å². The van der Waals surface area contributed by atoms with Gasteiger partial charge >= 0.3 is 0 Å². The number of benzene rings is 1. The van der Waals surface area contributed by atoms with Gasteiger partial charge in [-0.3, -0.25) is 0 Å². The molecule has 3 rings (SSSR count). The van der Waals surface area contributed by atoms with Crippen LogP contribution in [0, 0.1) is 0 Å². The van der Waals surface area contributed by atoms with Gasteiger partial charge in [-0.1, -0.05) is 35.5 Å². The Kier molecular flexibility index (Phi) is 3.11. The number of rotatable bonds is 3. The van der Waals surface area contributed by atoms with E-state index in [1.807, 2.05) is 22.9 Å². The van der Waals surface area contributed by atoms with Crippen molar-refractivity contribution in [2.24, 2.45) is 0 Å². The zero-order valence-electron chi connectivity index (χ0n) is 10.3. The van der Waals surface area contributed by atoms with Crippen LogP contribution in [-0.4, -0.2) is 26.7 Å². The molecule has 4 nitrogen and oxygen atoms in total. The lowest BCUT2D eigenvalue weighted by Crippen LogP contribution is -2.15. The highest BCUT2D eigenvalue weighted by Crippen LogP contribution is 2.29. The van der Waals surface area contributed by atoms with Gasteiger partial charge in [-0.2, -0.15) is 0 Å². The predicted octanol–water partition coefficient (Wildman–Crippen LogP) is 1.74. The van der Waals surface area contributed by atoms with Crippen LogP contribution in [-0.2, 0) is 13.0 Å².